The maximum atomic E-state index is 5.67. The number of halogens is 2. The summed E-state index contributed by atoms with van der Waals surface area (Å²) in [6, 6.07) is 1.82. The quantitative estimate of drug-likeness (QED) is 0.742. The van der Waals surface area contributed by atoms with E-state index in [1.807, 2.05) is 13.0 Å². The van der Waals surface area contributed by atoms with Crippen LogP contribution in [0.25, 0.3) is 0 Å². The topological polar surface area (TPSA) is 38.9 Å². The van der Waals surface area contributed by atoms with Gasteiger partial charge in [-0.15, -0.1) is 12.4 Å². The van der Waals surface area contributed by atoms with E-state index in [2.05, 4.69) is 4.98 Å². The zero-order valence-electron chi connectivity index (χ0n) is 6.12. The van der Waals surface area contributed by atoms with Gasteiger partial charge in [-0.1, -0.05) is 11.6 Å². The second-order valence-corrected chi connectivity index (χ2v) is 2.66. The van der Waals surface area contributed by atoms with Crippen LogP contribution in [0, 0.1) is 0 Å². The maximum absolute atomic E-state index is 5.67. The molecule has 0 unspecified atom stereocenters. The zero-order chi connectivity index (χ0) is 7.56. The molecule has 4 heteroatoms. The minimum atomic E-state index is 0. The Bertz CT molecular complexity index is 225. The summed E-state index contributed by atoms with van der Waals surface area (Å²) >= 11 is 5.67. The van der Waals surface area contributed by atoms with E-state index in [1.54, 1.807) is 12.4 Å². The molecule has 0 amide bonds. The molecule has 1 atom stereocenters. The molecule has 0 aliphatic carbocycles. The molecule has 0 fully saturated rings. The Balaban J connectivity index is 0.000001000. The molecule has 2 N–H and O–H groups in total. The summed E-state index contributed by atoms with van der Waals surface area (Å²) in [5.74, 6) is 0. The van der Waals surface area contributed by atoms with Gasteiger partial charge in [-0.05, 0) is 18.6 Å². The number of nitrogens with two attached hydrogens (primary N) is 1. The first-order chi connectivity index (χ1) is 4.70. The minimum Gasteiger partial charge on any atom is -0.324 e. The van der Waals surface area contributed by atoms with Crippen molar-refractivity contribution < 1.29 is 0 Å². The predicted octanol–water partition coefficient (Wildman–Crippen LogP) is 2.18. The van der Waals surface area contributed by atoms with Gasteiger partial charge in [0.1, 0.15) is 0 Å². The number of hydrogen-bond donors (Lipinski definition) is 1. The van der Waals surface area contributed by atoms with E-state index in [1.165, 1.54) is 0 Å². The second kappa shape index (κ2) is 4.54. The highest BCUT2D eigenvalue weighted by Crippen LogP contribution is 2.12. The summed E-state index contributed by atoms with van der Waals surface area (Å²) in [6.07, 6.45) is 3.31. The van der Waals surface area contributed by atoms with Gasteiger partial charge in [0.2, 0.25) is 0 Å². The minimum absolute atomic E-state index is 0. The van der Waals surface area contributed by atoms with Gasteiger partial charge in [-0.3, -0.25) is 4.98 Å². The molecule has 0 radical (unpaired) electrons. The van der Waals surface area contributed by atoms with Crippen LogP contribution in [0.4, 0.5) is 0 Å². The third-order valence-electron chi connectivity index (χ3n) is 1.25. The van der Waals surface area contributed by atoms with Crippen molar-refractivity contribution in [2.75, 3.05) is 0 Å². The molecular weight excluding hydrogens is 183 g/mol. The fraction of sp³-hybridized carbons (Fsp3) is 0.286. The van der Waals surface area contributed by atoms with Crippen LogP contribution in [0.3, 0.4) is 0 Å². The Morgan fingerprint density at radius 2 is 2.18 bits per heavy atom. The Morgan fingerprint density at radius 1 is 1.55 bits per heavy atom. The van der Waals surface area contributed by atoms with Gasteiger partial charge in [0.15, 0.2) is 0 Å². The molecule has 0 bridgehead atoms. The summed E-state index contributed by atoms with van der Waals surface area (Å²) in [5, 5.41) is 0.634. The second-order valence-electron chi connectivity index (χ2n) is 2.23. The molecular formula is C7H10Cl2N2. The molecule has 0 saturated carbocycles. The lowest BCUT2D eigenvalue weighted by molar-refractivity contribution is 0.812. The van der Waals surface area contributed by atoms with Crippen LogP contribution in [0.2, 0.25) is 5.02 Å². The van der Waals surface area contributed by atoms with Crippen LogP contribution in [-0.4, -0.2) is 4.98 Å². The summed E-state index contributed by atoms with van der Waals surface area (Å²) in [4.78, 5) is 3.89. The third-order valence-corrected chi connectivity index (χ3v) is 1.46. The molecule has 2 nitrogen and oxygen atoms in total. The molecule has 0 saturated heterocycles. The van der Waals surface area contributed by atoms with Gasteiger partial charge >= 0.3 is 0 Å². The monoisotopic (exact) mass is 192 g/mol. The van der Waals surface area contributed by atoms with Gasteiger partial charge in [-0.2, -0.15) is 0 Å². The summed E-state index contributed by atoms with van der Waals surface area (Å²) < 4.78 is 0. The summed E-state index contributed by atoms with van der Waals surface area (Å²) in [7, 11) is 0. The predicted molar refractivity (Wildman–Crippen MR) is 49.1 cm³/mol. The third kappa shape index (κ3) is 3.06. The molecule has 11 heavy (non-hydrogen) atoms. The van der Waals surface area contributed by atoms with E-state index in [4.69, 9.17) is 17.3 Å². The van der Waals surface area contributed by atoms with Crippen molar-refractivity contribution in [3.8, 4) is 0 Å². The van der Waals surface area contributed by atoms with Crippen LogP contribution in [0.1, 0.15) is 18.5 Å². The molecule has 0 aliphatic rings. The number of nitrogens with zero attached hydrogens (tertiary/aromatic N) is 1. The first kappa shape index (κ1) is 10.7. The lowest BCUT2D eigenvalue weighted by atomic mass is 10.2. The van der Waals surface area contributed by atoms with Gasteiger partial charge in [-0.25, -0.2) is 0 Å². The van der Waals surface area contributed by atoms with E-state index in [9.17, 15) is 0 Å². The highest BCUT2D eigenvalue weighted by atomic mass is 35.5. The van der Waals surface area contributed by atoms with Crippen LogP contribution >= 0.6 is 24.0 Å². The molecule has 1 aromatic rings. The Labute approximate surface area is 77.2 Å². The van der Waals surface area contributed by atoms with E-state index in [0.717, 1.165) is 5.56 Å². The molecule has 1 rings (SSSR count). The van der Waals surface area contributed by atoms with E-state index in [0.29, 0.717) is 5.02 Å². The molecule has 0 spiro atoms. The first-order valence-corrected chi connectivity index (χ1v) is 3.44. The van der Waals surface area contributed by atoms with E-state index in [-0.39, 0.29) is 18.4 Å². The van der Waals surface area contributed by atoms with Gasteiger partial charge < -0.3 is 5.73 Å². The van der Waals surface area contributed by atoms with Crippen molar-refractivity contribution in [3.63, 3.8) is 0 Å². The molecule has 62 valence electrons. The van der Waals surface area contributed by atoms with Crippen LogP contribution in [-0.2, 0) is 0 Å². The van der Waals surface area contributed by atoms with Crippen molar-refractivity contribution in [3.05, 3.63) is 29.0 Å². The zero-order valence-corrected chi connectivity index (χ0v) is 7.69. The normalized spacial score (nSPS) is 11.9. The number of hydrogen-bond acceptors (Lipinski definition) is 2. The highest BCUT2D eigenvalue weighted by molar-refractivity contribution is 6.30. The number of aromatic nitrogens is 1. The molecule has 0 aliphatic heterocycles. The van der Waals surface area contributed by atoms with Crippen molar-refractivity contribution >= 4 is 24.0 Å². The number of rotatable bonds is 1. The van der Waals surface area contributed by atoms with Crippen molar-refractivity contribution in [1.82, 2.24) is 4.98 Å². The first-order valence-electron chi connectivity index (χ1n) is 3.06. The standard InChI is InChI=1S/C7H9ClN2.ClH/c1-5(9)6-2-7(8)4-10-3-6;/h2-5H,9H2,1H3;1H/t5-;/m1./s1. The van der Waals surface area contributed by atoms with Crippen molar-refractivity contribution in [2.45, 2.75) is 13.0 Å². The van der Waals surface area contributed by atoms with Gasteiger partial charge in [0, 0.05) is 18.4 Å². The largest absolute Gasteiger partial charge is 0.324 e. The van der Waals surface area contributed by atoms with Crippen LogP contribution in [0.5, 0.6) is 0 Å². The molecule has 1 aromatic heterocycles. The highest BCUT2D eigenvalue weighted by Gasteiger charge is 1.98. The maximum Gasteiger partial charge on any atom is 0.0592 e. The van der Waals surface area contributed by atoms with Gasteiger partial charge in [0.25, 0.3) is 0 Å². The van der Waals surface area contributed by atoms with Crippen LogP contribution in [0.15, 0.2) is 18.5 Å². The fourth-order valence-electron chi connectivity index (χ4n) is 0.677. The summed E-state index contributed by atoms with van der Waals surface area (Å²) in [6.45, 7) is 1.90. The average Bonchev–Trinajstić information content (AvgIpc) is 1.88. The lowest BCUT2D eigenvalue weighted by Crippen LogP contribution is -2.04. The molecule has 1 heterocycles. The van der Waals surface area contributed by atoms with Crippen LogP contribution < -0.4 is 5.73 Å². The average molecular weight is 193 g/mol. The van der Waals surface area contributed by atoms with Crippen molar-refractivity contribution in [2.24, 2.45) is 5.73 Å². The van der Waals surface area contributed by atoms with E-state index < -0.39 is 0 Å². The Kier molecular flexibility index (Phi) is 4.42. The molecule has 0 aromatic carbocycles. The summed E-state index contributed by atoms with van der Waals surface area (Å²) in [5.41, 5.74) is 6.55. The lowest BCUT2D eigenvalue weighted by Gasteiger charge is -2.03. The fourth-order valence-corrected chi connectivity index (χ4v) is 0.860. The Hall–Kier alpha value is -0.310. The Morgan fingerprint density at radius 3 is 2.55 bits per heavy atom. The SMILES string of the molecule is C[C@@H](N)c1cncc(Cl)c1.Cl. The van der Waals surface area contributed by atoms with E-state index >= 15 is 0 Å². The smallest absolute Gasteiger partial charge is 0.0592 e. The van der Waals surface area contributed by atoms with Gasteiger partial charge in [0.05, 0.1) is 5.02 Å². The van der Waals surface area contributed by atoms with Crippen molar-refractivity contribution in [1.29, 1.82) is 0 Å². The number of pyridine rings is 1.